The molecule has 0 fully saturated rings. The summed E-state index contributed by atoms with van der Waals surface area (Å²) < 4.78 is 20.9. The maximum Gasteiger partial charge on any atom is 0.694 e. The molecule has 1 unspecified atom stereocenters. The average molecular weight is 509 g/mol. The summed E-state index contributed by atoms with van der Waals surface area (Å²) >= 11 is 0. The highest BCUT2D eigenvalue weighted by molar-refractivity contribution is 7.32. The second kappa shape index (κ2) is 14.5. The fourth-order valence-electron chi connectivity index (χ4n) is 4.08. The van der Waals surface area contributed by atoms with Crippen LogP contribution in [0.4, 0.5) is 5.69 Å². The maximum atomic E-state index is 10.6. The molecule has 0 aliphatic carbocycles. The number of hydrogen-bond donors (Lipinski definition) is 3. The molecule has 0 spiro atoms. The van der Waals surface area contributed by atoms with Gasteiger partial charge in [0.05, 0.1) is 17.9 Å². The quantitative estimate of drug-likeness (QED) is 0.166. The normalized spacial score (nSPS) is 11.5. The van der Waals surface area contributed by atoms with Crippen LogP contribution >= 0.6 is 8.25 Å². The van der Waals surface area contributed by atoms with Gasteiger partial charge in [-0.1, -0.05) is 32.0 Å². The third kappa shape index (κ3) is 8.89. The number of furan rings is 1. The minimum absolute atomic E-state index is 0.249. The Hall–Kier alpha value is -3.01. The smallest absolute Gasteiger partial charge is 0.464 e. The number of aryl methyl sites for hydroxylation is 1. The average Bonchev–Trinajstić information content (AvgIpc) is 3.39. The van der Waals surface area contributed by atoms with E-state index >= 15 is 0 Å². The van der Waals surface area contributed by atoms with E-state index in [0.29, 0.717) is 25.4 Å². The zero-order valence-electron chi connectivity index (χ0n) is 21.0. The van der Waals surface area contributed by atoms with E-state index in [0.717, 1.165) is 59.5 Å². The molecule has 0 aliphatic heterocycles. The Bertz CT molecular complexity index is 1160. The lowest BCUT2D eigenvalue weighted by atomic mass is 9.95. The second-order valence-corrected chi connectivity index (χ2v) is 9.92. The third-order valence-electron chi connectivity index (χ3n) is 5.78. The van der Waals surface area contributed by atoms with Crippen LogP contribution in [0.1, 0.15) is 48.9 Å². The van der Waals surface area contributed by atoms with Crippen LogP contribution < -0.4 is 10.6 Å². The summed E-state index contributed by atoms with van der Waals surface area (Å²) in [5.74, 6) is 1.33. The monoisotopic (exact) mass is 508 g/mol. The number of hydrogen-bond acceptors (Lipinski definition) is 6. The van der Waals surface area contributed by atoms with Crippen molar-refractivity contribution in [1.29, 1.82) is 5.26 Å². The minimum Gasteiger partial charge on any atom is -0.464 e. The van der Waals surface area contributed by atoms with Crippen molar-refractivity contribution >= 4 is 13.9 Å². The first-order valence-corrected chi connectivity index (χ1v) is 13.5. The van der Waals surface area contributed by atoms with Gasteiger partial charge in [0.2, 0.25) is 0 Å². The first kappa shape index (κ1) is 27.6. The van der Waals surface area contributed by atoms with Crippen molar-refractivity contribution in [2.24, 2.45) is 5.92 Å². The minimum atomic E-state index is -2.53. The summed E-state index contributed by atoms with van der Waals surface area (Å²) in [6.07, 6.45) is 5.09. The van der Waals surface area contributed by atoms with Crippen molar-refractivity contribution in [2.75, 3.05) is 25.0 Å². The number of nitrogens with zero attached hydrogens (tertiary/aromatic N) is 1. The lowest BCUT2D eigenvalue weighted by Crippen LogP contribution is -2.16. The molecule has 0 radical (unpaired) electrons. The summed E-state index contributed by atoms with van der Waals surface area (Å²) in [5, 5.41) is 16.4. The number of rotatable bonds is 15. The van der Waals surface area contributed by atoms with Crippen LogP contribution in [-0.2, 0) is 28.5 Å². The van der Waals surface area contributed by atoms with Gasteiger partial charge in [-0.25, -0.2) is 0 Å². The molecule has 3 N–H and O–H groups in total. The first-order valence-electron chi connectivity index (χ1n) is 12.4. The Morgan fingerprint density at radius 2 is 1.94 bits per heavy atom. The Kier molecular flexibility index (Phi) is 11.1. The van der Waals surface area contributed by atoms with E-state index in [-0.39, 0.29) is 6.61 Å². The van der Waals surface area contributed by atoms with Crippen LogP contribution in [0.3, 0.4) is 0 Å². The van der Waals surface area contributed by atoms with Crippen LogP contribution in [0.5, 0.6) is 0 Å². The molecule has 3 aromatic rings. The molecule has 2 aromatic carbocycles. The van der Waals surface area contributed by atoms with E-state index in [9.17, 15) is 9.83 Å². The molecule has 7 nitrogen and oxygen atoms in total. The van der Waals surface area contributed by atoms with E-state index in [1.54, 1.807) is 6.26 Å². The van der Waals surface area contributed by atoms with Crippen molar-refractivity contribution in [2.45, 2.75) is 46.1 Å². The standard InChI is InChI=1S/C28H34N3O4P/c1-21(2)16-24-10-8-22(17-25(24)19-29)6-3-13-31-27-11-9-23(18-26(27)28-7-4-14-34-28)20-30-12-5-15-35-36(32)33/h4,7-11,14,17-18,21,30-31H,3,5-6,12-13,15-16,20H2,1-2H3/p+1. The Morgan fingerprint density at radius 1 is 1.11 bits per heavy atom. The summed E-state index contributed by atoms with van der Waals surface area (Å²) in [6, 6.07) is 18.7. The summed E-state index contributed by atoms with van der Waals surface area (Å²) in [4.78, 5) is 8.67. The molecule has 1 aromatic heterocycles. The van der Waals surface area contributed by atoms with Crippen LogP contribution in [0.25, 0.3) is 11.3 Å². The van der Waals surface area contributed by atoms with Crippen molar-refractivity contribution in [1.82, 2.24) is 5.32 Å². The zero-order valence-corrected chi connectivity index (χ0v) is 21.9. The number of nitriles is 1. The highest BCUT2D eigenvalue weighted by Crippen LogP contribution is 2.30. The molecule has 0 amide bonds. The molecule has 3 rings (SSSR count). The van der Waals surface area contributed by atoms with Crippen molar-refractivity contribution in [3.63, 3.8) is 0 Å². The maximum absolute atomic E-state index is 10.6. The molecule has 0 bridgehead atoms. The van der Waals surface area contributed by atoms with Gasteiger partial charge < -0.3 is 15.1 Å². The van der Waals surface area contributed by atoms with Crippen molar-refractivity contribution < 1.29 is 18.4 Å². The molecule has 190 valence electrons. The molecular formula is C28H35N3O4P+. The molecule has 0 saturated heterocycles. The summed E-state index contributed by atoms with van der Waals surface area (Å²) in [6.45, 7) is 6.75. The number of benzene rings is 2. The van der Waals surface area contributed by atoms with Gasteiger partial charge in [0.1, 0.15) is 12.4 Å². The van der Waals surface area contributed by atoms with E-state index < -0.39 is 8.25 Å². The van der Waals surface area contributed by atoms with Gasteiger partial charge in [0.25, 0.3) is 0 Å². The van der Waals surface area contributed by atoms with Crippen molar-refractivity contribution in [3.8, 4) is 17.4 Å². The predicted molar refractivity (Wildman–Crippen MR) is 143 cm³/mol. The highest BCUT2D eigenvalue weighted by atomic mass is 31.1. The molecule has 36 heavy (non-hydrogen) atoms. The summed E-state index contributed by atoms with van der Waals surface area (Å²) in [5.41, 5.74) is 6.23. The lowest BCUT2D eigenvalue weighted by Gasteiger charge is -2.14. The third-order valence-corrected chi connectivity index (χ3v) is 6.18. The van der Waals surface area contributed by atoms with E-state index in [1.807, 2.05) is 18.2 Å². The molecule has 0 saturated carbocycles. The lowest BCUT2D eigenvalue weighted by molar-refractivity contribution is 0.276. The second-order valence-electron chi connectivity index (χ2n) is 9.19. The highest BCUT2D eigenvalue weighted by Gasteiger charge is 2.11. The number of nitrogens with one attached hydrogen (secondary N) is 2. The predicted octanol–water partition coefficient (Wildman–Crippen LogP) is 6.21. The molecule has 1 heterocycles. The Labute approximate surface area is 214 Å². The van der Waals surface area contributed by atoms with Gasteiger partial charge in [-0.2, -0.15) is 5.26 Å². The van der Waals surface area contributed by atoms with Gasteiger partial charge in [-0.15, -0.1) is 9.42 Å². The molecule has 0 aliphatic rings. The molecular weight excluding hydrogens is 473 g/mol. The van der Waals surface area contributed by atoms with Gasteiger partial charge >= 0.3 is 8.25 Å². The van der Waals surface area contributed by atoms with Gasteiger partial charge in [0, 0.05) is 28.9 Å². The van der Waals surface area contributed by atoms with E-state index in [1.165, 1.54) is 5.56 Å². The van der Waals surface area contributed by atoms with Gasteiger partial charge in [-0.05, 0) is 85.2 Å². The Morgan fingerprint density at radius 3 is 2.67 bits per heavy atom. The largest absolute Gasteiger partial charge is 0.694 e. The fourth-order valence-corrected chi connectivity index (χ4v) is 4.37. The SMILES string of the molecule is CC(C)Cc1ccc(CCCNc2ccc(CNCCCO[P+](=O)O)cc2-c2ccco2)cc1C#N. The van der Waals surface area contributed by atoms with Crippen LogP contribution in [0.2, 0.25) is 0 Å². The first-order chi connectivity index (χ1) is 17.5. The van der Waals surface area contributed by atoms with Crippen molar-refractivity contribution in [3.05, 3.63) is 77.0 Å². The van der Waals surface area contributed by atoms with Crippen LogP contribution in [-0.4, -0.2) is 24.6 Å². The topological polar surface area (TPSA) is 108 Å². The van der Waals surface area contributed by atoms with Crippen LogP contribution in [0, 0.1) is 17.2 Å². The Balaban J connectivity index is 1.55. The molecule has 8 heteroatoms. The van der Waals surface area contributed by atoms with E-state index in [2.05, 4.69) is 65.4 Å². The molecule has 1 atom stereocenters. The van der Waals surface area contributed by atoms with Gasteiger partial charge in [0.15, 0.2) is 0 Å². The summed E-state index contributed by atoms with van der Waals surface area (Å²) in [7, 11) is -2.53. The number of anilines is 1. The van der Waals surface area contributed by atoms with Crippen LogP contribution in [0.15, 0.2) is 59.2 Å². The fraction of sp³-hybridized carbons (Fsp3) is 0.393. The van der Waals surface area contributed by atoms with Gasteiger partial charge in [-0.3, -0.25) is 0 Å². The van der Waals surface area contributed by atoms with E-state index in [4.69, 9.17) is 9.31 Å². The zero-order chi connectivity index (χ0) is 25.8.